The van der Waals surface area contributed by atoms with E-state index < -0.39 is 0 Å². The Morgan fingerprint density at radius 3 is 3.00 bits per heavy atom. The number of furan rings is 1. The maximum absolute atomic E-state index is 5.50. The van der Waals surface area contributed by atoms with Crippen LogP contribution in [0.2, 0.25) is 0 Å². The average Bonchev–Trinajstić information content (AvgIpc) is 2.89. The third kappa shape index (κ3) is 2.04. The molecule has 2 heterocycles. The molecule has 0 saturated carbocycles. The Balaban J connectivity index is 2.27. The van der Waals surface area contributed by atoms with E-state index in [-0.39, 0.29) is 6.04 Å². The van der Waals surface area contributed by atoms with Gasteiger partial charge in [-0.15, -0.1) is 11.3 Å². The second-order valence-electron chi connectivity index (χ2n) is 3.00. The molecule has 0 saturated heterocycles. The van der Waals surface area contributed by atoms with Gasteiger partial charge in [0.05, 0.1) is 13.4 Å². The lowest BCUT2D eigenvalue weighted by atomic mass is 10.2. The van der Waals surface area contributed by atoms with Gasteiger partial charge in [0.1, 0.15) is 17.6 Å². The van der Waals surface area contributed by atoms with E-state index in [0.29, 0.717) is 0 Å². The summed E-state index contributed by atoms with van der Waals surface area (Å²) in [4.78, 5) is 1.06. The van der Waals surface area contributed by atoms with Crippen molar-refractivity contribution >= 4 is 11.3 Å². The molecule has 0 bridgehead atoms. The Bertz CT molecular complexity index is 411. The zero-order chi connectivity index (χ0) is 10.7. The van der Waals surface area contributed by atoms with Crippen molar-refractivity contribution in [1.29, 1.82) is 0 Å². The van der Waals surface area contributed by atoms with Crippen LogP contribution < -0.4 is 16.0 Å². The van der Waals surface area contributed by atoms with Gasteiger partial charge >= 0.3 is 0 Å². The summed E-state index contributed by atoms with van der Waals surface area (Å²) >= 11 is 1.58. The van der Waals surface area contributed by atoms with Crippen molar-refractivity contribution in [3.63, 3.8) is 0 Å². The molecule has 2 rings (SSSR count). The number of thiophene rings is 1. The number of hydrazine groups is 1. The first-order valence-corrected chi connectivity index (χ1v) is 5.35. The fraction of sp³-hybridized carbons (Fsp3) is 0.200. The third-order valence-electron chi connectivity index (χ3n) is 2.11. The second kappa shape index (κ2) is 4.48. The monoisotopic (exact) mass is 224 g/mol. The summed E-state index contributed by atoms with van der Waals surface area (Å²) < 4.78 is 10.4. The molecule has 0 aliphatic rings. The smallest absolute Gasteiger partial charge is 0.129 e. The molecule has 0 fully saturated rings. The van der Waals surface area contributed by atoms with Crippen LogP contribution in [0, 0.1) is 0 Å². The number of nitrogens with one attached hydrogen (secondary N) is 1. The second-order valence-corrected chi connectivity index (χ2v) is 3.95. The minimum Gasteiger partial charge on any atom is -0.496 e. The van der Waals surface area contributed by atoms with E-state index in [1.165, 1.54) is 0 Å². The van der Waals surface area contributed by atoms with Gasteiger partial charge in [-0.25, -0.2) is 5.43 Å². The average molecular weight is 224 g/mol. The van der Waals surface area contributed by atoms with Crippen LogP contribution in [0.1, 0.15) is 16.7 Å². The molecule has 1 unspecified atom stereocenters. The lowest BCUT2D eigenvalue weighted by Gasteiger charge is -2.10. The van der Waals surface area contributed by atoms with E-state index in [9.17, 15) is 0 Å². The first kappa shape index (κ1) is 10.2. The highest BCUT2D eigenvalue weighted by molar-refractivity contribution is 7.10. The number of nitrogens with two attached hydrogens (primary N) is 1. The molecular weight excluding hydrogens is 212 g/mol. The van der Waals surface area contributed by atoms with Crippen LogP contribution in [0.4, 0.5) is 0 Å². The molecule has 2 aromatic rings. The molecule has 0 radical (unpaired) electrons. The standard InChI is InChI=1S/C10H12N2O2S/c1-13-7-5-9(15-6-7)10(12-11)8-3-2-4-14-8/h2-6,10,12H,11H2,1H3. The van der Waals surface area contributed by atoms with Gasteiger partial charge in [-0.05, 0) is 18.2 Å². The van der Waals surface area contributed by atoms with Crippen molar-refractivity contribution in [2.45, 2.75) is 6.04 Å². The Kier molecular flexibility index (Phi) is 3.05. The molecule has 15 heavy (non-hydrogen) atoms. The topological polar surface area (TPSA) is 60.4 Å². The summed E-state index contributed by atoms with van der Waals surface area (Å²) in [6, 6.07) is 5.55. The largest absolute Gasteiger partial charge is 0.496 e. The molecule has 3 N–H and O–H groups in total. The Morgan fingerprint density at radius 2 is 2.47 bits per heavy atom. The van der Waals surface area contributed by atoms with Crippen molar-refractivity contribution in [3.8, 4) is 5.75 Å². The van der Waals surface area contributed by atoms with E-state index in [2.05, 4.69) is 5.43 Å². The highest BCUT2D eigenvalue weighted by Gasteiger charge is 2.17. The third-order valence-corrected chi connectivity index (χ3v) is 3.09. The maximum Gasteiger partial charge on any atom is 0.129 e. The van der Waals surface area contributed by atoms with E-state index in [4.69, 9.17) is 15.0 Å². The zero-order valence-electron chi connectivity index (χ0n) is 8.27. The lowest BCUT2D eigenvalue weighted by Crippen LogP contribution is -2.27. The molecule has 2 aromatic heterocycles. The Hall–Kier alpha value is -1.30. The predicted molar refractivity (Wildman–Crippen MR) is 58.7 cm³/mol. The molecule has 0 aromatic carbocycles. The van der Waals surface area contributed by atoms with E-state index >= 15 is 0 Å². The molecular formula is C10H12N2O2S. The Labute approximate surface area is 91.6 Å². The lowest BCUT2D eigenvalue weighted by molar-refractivity contribution is 0.415. The van der Waals surface area contributed by atoms with Crippen molar-refractivity contribution < 1.29 is 9.15 Å². The minimum absolute atomic E-state index is 0.117. The van der Waals surface area contributed by atoms with Crippen molar-refractivity contribution in [1.82, 2.24) is 5.43 Å². The number of hydrogen-bond acceptors (Lipinski definition) is 5. The summed E-state index contributed by atoms with van der Waals surface area (Å²) in [6.45, 7) is 0. The molecule has 0 amide bonds. The molecule has 0 aliphatic carbocycles. The quantitative estimate of drug-likeness (QED) is 0.615. The fourth-order valence-corrected chi connectivity index (χ4v) is 2.27. The molecule has 0 aliphatic heterocycles. The molecule has 5 heteroatoms. The first-order chi connectivity index (χ1) is 7.35. The normalized spacial score (nSPS) is 12.7. The van der Waals surface area contributed by atoms with Gasteiger partial charge in [-0.1, -0.05) is 0 Å². The summed E-state index contributed by atoms with van der Waals surface area (Å²) in [7, 11) is 1.64. The van der Waals surface area contributed by atoms with Crippen LogP contribution in [0.3, 0.4) is 0 Å². The van der Waals surface area contributed by atoms with Gasteiger partial charge in [-0.2, -0.15) is 0 Å². The Morgan fingerprint density at radius 1 is 1.60 bits per heavy atom. The summed E-state index contributed by atoms with van der Waals surface area (Å²) in [5.41, 5.74) is 2.72. The summed E-state index contributed by atoms with van der Waals surface area (Å²) in [5.74, 6) is 7.13. The van der Waals surface area contributed by atoms with Crippen LogP contribution in [0.15, 0.2) is 34.3 Å². The maximum atomic E-state index is 5.50. The van der Waals surface area contributed by atoms with Crippen molar-refractivity contribution in [2.75, 3.05) is 7.11 Å². The van der Waals surface area contributed by atoms with Gasteiger partial charge in [0.15, 0.2) is 0 Å². The van der Waals surface area contributed by atoms with Crippen LogP contribution in [0.5, 0.6) is 5.75 Å². The fourth-order valence-electron chi connectivity index (χ4n) is 1.35. The van der Waals surface area contributed by atoms with Gasteiger partial charge in [0.25, 0.3) is 0 Å². The van der Waals surface area contributed by atoms with Crippen LogP contribution >= 0.6 is 11.3 Å². The van der Waals surface area contributed by atoms with Crippen molar-refractivity contribution in [2.24, 2.45) is 5.84 Å². The summed E-state index contributed by atoms with van der Waals surface area (Å²) in [6.07, 6.45) is 1.63. The van der Waals surface area contributed by atoms with Gasteiger partial charge in [0, 0.05) is 10.3 Å². The van der Waals surface area contributed by atoms with Crippen molar-refractivity contribution in [3.05, 3.63) is 40.5 Å². The van der Waals surface area contributed by atoms with Gasteiger partial charge in [-0.3, -0.25) is 5.84 Å². The molecule has 80 valence electrons. The highest BCUT2D eigenvalue weighted by atomic mass is 32.1. The number of methoxy groups -OCH3 is 1. The minimum atomic E-state index is -0.117. The zero-order valence-corrected chi connectivity index (χ0v) is 9.08. The van der Waals surface area contributed by atoms with Crippen LogP contribution in [-0.2, 0) is 0 Å². The van der Waals surface area contributed by atoms with Crippen LogP contribution in [0.25, 0.3) is 0 Å². The number of ether oxygens (including phenoxy) is 1. The highest BCUT2D eigenvalue weighted by Crippen LogP contribution is 2.30. The van der Waals surface area contributed by atoms with E-state index in [1.54, 1.807) is 24.7 Å². The molecule has 1 atom stereocenters. The number of rotatable bonds is 4. The molecule has 0 spiro atoms. The van der Waals surface area contributed by atoms with Gasteiger partial charge in [0.2, 0.25) is 0 Å². The summed E-state index contributed by atoms with van der Waals surface area (Å²) in [5, 5.41) is 1.93. The number of hydrogen-bond donors (Lipinski definition) is 2. The van der Waals surface area contributed by atoms with E-state index in [1.807, 2.05) is 23.6 Å². The SMILES string of the molecule is COc1csc(C(NN)c2ccco2)c1. The van der Waals surface area contributed by atoms with Gasteiger partial charge < -0.3 is 9.15 Å². The van der Waals surface area contributed by atoms with Crippen LogP contribution in [-0.4, -0.2) is 7.11 Å². The van der Waals surface area contributed by atoms with E-state index in [0.717, 1.165) is 16.4 Å². The molecule has 4 nitrogen and oxygen atoms in total. The first-order valence-electron chi connectivity index (χ1n) is 4.47. The predicted octanol–water partition coefficient (Wildman–Crippen LogP) is 1.90.